The fraction of sp³-hybridized carbons (Fsp3) is 0.368. The quantitative estimate of drug-likeness (QED) is 0.108. The van der Waals surface area contributed by atoms with Crippen molar-refractivity contribution in [1.29, 1.82) is 0 Å². The molecular formula is C38H52N4. The normalized spacial score (nSPS) is 12.0. The van der Waals surface area contributed by atoms with E-state index in [0.29, 0.717) is 12.1 Å². The van der Waals surface area contributed by atoms with Crippen molar-refractivity contribution in [2.45, 2.75) is 85.2 Å². The summed E-state index contributed by atoms with van der Waals surface area (Å²) >= 11 is 0. The summed E-state index contributed by atoms with van der Waals surface area (Å²) in [5, 5.41) is 13.9. The minimum atomic E-state index is 0.503. The van der Waals surface area contributed by atoms with E-state index in [2.05, 4.69) is 129 Å². The fourth-order valence-electron chi connectivity index (χ4n) is 4.96. The Labute approximate surface area is 255 Å². The van der Waals surface area contributed by atoms with Crippen molar-refractivity contribution in [2.24, 2.45) is 5.92 Å². The molecule has 0 aromatic heterocycles. The van der Waals surface area contributed by atoms with E-state index in [9.17, 15) is 0 Å². The first-order valence-corrected chi connectivity index (χ1v) is 15.8. The third-order valence-electron chi connectivity index (χ3n) is 7.04. The lowest BCUT2D eigenvalue weighted by Crippen LogP contribution is -2.17. The van der Waals surface area contributed by atoms with Crippen LogP contribution in [0.5, 0.6) is 0 Å². The number of unbranched alkanes of at least 4 members (excludes halogenated alkanes) is 3. The number of rotatable bonds is 15. The molecule has 0 radical (unpaired) electrons. The van der Waals surface area contributed by atoms with Gasteiger partial charge in [0.15, 0.2) is 0 Å². The van der Waals surface area contributed by atoms with Crippen LogP contribution < -0.4 is 21.3 Å². The van der Waals surface area contributed by atoms with Crippen molar-refractivity contribution in [2.75, 3.05) is 21.3 Å². The van der Waals surface area contributed by atoms with Crippen LogP contribution in [0.3, 0.4) is 0 Å². The Hall–Kier alpha value is -3.92. The lowest BCUT2D eigenvalue weighted by atomic mass is 10.1. The zero-order valence-corrected chi connectivity index (χ0v) is 26.4. The molecule has 4 aromatic rings. The van der Waals surface area contributed by atoms with Crippen molar-refractivity contribution >= 4 is 34.1 Å². The van der Waals surface area contributed by atoms with Gasteiger partial charge < -0.3 is 21.3 Å². The monoisotopic (exact) mass is 564 g/mol. The number of hydrogen-bond acceptors (Lipinski definition) is 4. The molecule has 4 nitrogen and oxygen atoms in total. The molecule has 0 fully saturated rings. The maximum Gasteiger partial charge on any atom is 0.0385 e. The Kier molecular flexibility index (Phi) is 14.4. The Morgan fingerprint density at radius 2 is 0.857 bits per heavy atom. The highest BCUT2D eigenvalue weighted by Crippen LogP contribution is 2.21. The summed E-state index contributed by atoms with van der Waals surface area (Å²) in [6.07, 6.45) is 7.75. The molecule has 4 N–H and O–H groups in total. The average Bonchev–Trinajstić information content (AvgIpc) is 2.98. The lowest BCUT2D eigenvalue weighted by molar-refractivity contribution is 0.540. The third-order valence-corrected chi connectivity index (χ3v) is 7.04. The summed E-state index contributed by atoms with van der Waals surface area (Å²) in [6, 6.07) is 38.5. The summed E-state index contributed by atoms with van der Waals surface area (Å²) in [5.74, 6) is 0.719. The number of anilines is 6. The van der Waals surface area contributed by atoms with E-state index < -0.39 is 0 Å². The summed E-state index contributed by atoms with van der Waals surface area (Å²) in [7, 11) is 0. The maximum atomic E-state index is 3.58. The van der Waals surface area contributed by atoms with Crippen LogP contribution in [0.4, 0.5) is 34.1 Å². The van der Waals surface area contributed by atoms with Gasteiger partial charge in [-0.1, -0.05) is 82.9 Å². The van der Waals surface area contributed by atoms with Crippen molar-refractivity contribution < 1.29 is 0 Å². The first kappa shape index (κ1) is 32.6. The van der Waals surface area contributed by atoms with Gasteiger partial charge in [0.05, 0.1) is 0 Å². The highest BCUT2D eigenvalue weighted by Gasteiger charge is 2.05. The summed E-state index contributed by atoms with van der Waals surface area (Å²) in [5.41, 5.74) is 6.83. The minimum Gasteiger partial charge on any atom is -0.383 e. The van der Waals surface area contributed by atoms with Crippen LogP contribution in [0.1, 0.15) is 73.1 Å². The van der Waals surface area contributed by atoms with E-state index in [-0.39, 0.29) is 0 Å². The molecular weight excluding hydrogens is 512 g/mol. The summed E-state index contributed by atoms with van der Waals surface area (Å²) < 4.78 is 0. The Balaban J connectivity index is 0.000000231. The molecule has 0 aliphatic heterocycles. The largest absolute Gasteiger partial charge is 0.383 e. The van der Waals surface area contributed by atoms with E-state index in [1.54, 1.807) is 0 Å². The van der Waals surface area contributed by atoms with Crippen LogP contribution in [-0.2, 0) is 0 Å². The van der Waals surface area contributed by atoms with Crippen molar-refractivity contribution in [3.05, 3.63) is 109 Å². The standard InChI is InChI=1S/C20H28N2.C18H24N2/c1-3-4-5-7-10-17(2)21-19-13-15-20(16-14-19)22-18-11-8-6-9-12-18;1-14(2)13-15(3)19-17-9-11-18(12-10-17)20-16-7-5-4-6-8-16/h6,8-9,11-17,21-22H,3-5,7,10H2,1-2H3;4-12,14-15,19-20H,13H2,1-3H3. The second kappa shape index (κ2) is 18.5. The van der Waals surface area contributed by atoms with E-state index in [1.165, 1.54) is 49.9 Å². The molecule has 0 aliphatic rings. The van der Waals surface area contributed by atoms with E-state index in [0.717, 1.165) is 28.7 Å². The van der Waals surface area contributed by atoms with Crippen molar-refractivity contribution in [3.8, 4) is 0 Å². The molecule has 224 valence electrons. The SMILES string of the molecule is CC(C)CC(C)Nc1ccc(Nc2ccccc2)cc1.CCCCCCC(C)Nc1ccc(Nc2ccccc2)cc1. The van der Waals surface area contributed by atoms with Gasteiger partial charge in [-0.2, -0.15) is 0 Å². The second-order valence-electron chi connectivity index (χ2n) is 11.7. The zero-order chi connectivity index (χ0) is 30.0. The second-order valence-corrected chi connectivity index (χ2v) is 11.7. The van der Waals surface area contributed by atoms with Crippen LogP contribution in [-0.4, -0.2) is 12.1 Å². The first-order valence-electron chi connectivity index (χ1n) is 15.8. The number of benzene rings is 4. The maximum absolute atomic E-state index is 3.58. The molecule has 4 rings (SSSR count). The molecule has 0 saturated carbocycles. The van der Waals surface area contributed by atoms with Gasteiger partial charge in [-0.15, -0.1) is 0 Å². The van der Waals surface area contributed by atoms with Crippen LogP contribution in [0.15, 0.2) is 109 Å². The van der Waals surface area contributed by atoms with Crippen molar-refractivity contribution in [1.82, 2.24) is 0 Å². The van der Waals surface area contributed by atoms with Gasteiger partial charge in [-0.05, 0) is 105 Å². The van der Waals surface area contributed by atoms with Crippen molar-refractivity contribution in [3.63, 3.8) is 0 Å². The van der Waals surface area contributed by atoms with Gasteiger partial charge in [0.25, 0.3) is 0 Å². The Morgan fingerprint density at radius 3 is 1.29 bits per heavy atom. The first-order chi connectivity index (χ1) is 20.4. The predicted molar refractivity (Wildman–Crippen MR) is 187 cm³/mol. The van der Waals surface area contributed by atoms with E-state index in [1.807, 2.05) is 36.4 Å². The lowest BCUT2D eigenvalue weighted by Gasteiger charge is -2.17. The molecule has 0 saturated heterocycles. The predicted octanol–water partition coefficient (Wildman–Crippen LogP) is 11.5. The highest BCUT2D eigenvalue weighted by atomic mass is 14.9. The smallest absolute Gasteiger partial charge is 0.0385 e. The molecule has 4 heteroatoms. The highest BCUT2D eigenvalue weighted by molar-refractivity contribution is 5.63. The Bertz CT molecular complexity index is 1220. The van der Waals surface area contributed by atoms with Gasteiger partial charge in [0.2, 0.25) is 0 Å². The minimum absolute atomic E-state index is 0.503. The van der Waals surface area contributed by atoms with E-state index in [4.69, 9.17) is 0 Å². The van der Waals surface area contributed by atoms with Crippen LogP contribution in [0, 0.1) is 5.92 Å². The van der Waals surface area contributed by atoms with Gasteiger partial charge in [0.1, 0.15) is 0 Å². The third kappa shape index (κ3) is 13.2. The molecule has 0 heterocycles. The van der Waals surface area contributed by atoms with Gasteiger partial charge in [-0.25, -0.2) is 0 Å². The molecule has 0 amide bonds. The van der Waals surface area contributed by atoms with E-state index >= 15 is 0 Å². The van der Waals surface area contributed by atoms with Crippen LogP contribution in [0.2, 0.25) is 0 Å². The zero-order valence-electron chi connectivity index (χ0n) is 26.4. The number of para-hydroxylation sites is 2. The van der Waals surface area contributed by atoms with Gasteiger partial charge in [0, 0.05) is 46.2 Å². The molecule has 0 spiro atoms. The fourth-order valence-corrected chi connectivity index (χ4v) is 4.96. The molecule has 0 aliphatic carbocycles. The van der Waals surface area contributed by atoms with Gasteiger partial charge in [-0.3, -0.25) is 0 Å². The van der Waals surface area contributed by atoms with Crippen LogP contribution in [0.25, 0.3) is 0 Å². The summed E-state index contributed by atoms with van der Waals surface area (Å²) in [6.45, 7) is 11.3. The topological polar surface area (TPSA) is 48.1 Å². The average molecular weight is 565 g/mol. The molecule has 4 aromatic carbocycles. The molecule has 42 heavy (non-hydrogen) atoms. The number of nitrogens with one attached hydrogen (secondary N) is 4. The molecule has 0 bridgehead atoms. The van der Waals surface area contributed by atoms with Crippen LogP contribution >= 0.6 is 0 Å². The van der Waals surface area contributed by atoms with Gasteiger partial charge >= 0.3 is 0 Å². The Morgan fingerprint density at radius 1 is 0.452 bits per heavy atom. The summed E-state index contributed by atoms with van der Waals surface area (Å²) in [4.78, 5) is 0. The molecule has 2 unspecified atom stereocenters. The number of hydrogen-bond donors (Lipinski definition) is 4. The molecule has 2 atom stereocenters.